The number of benzene rings is 4. The average molecular weight is 639 g/mol. The molecule has 10 heteroatoms. The fourth-order valence-corrected chi connectivity index (χ4v) is 4.91. The van der Waals surface area contributed by atoms with Gasteiger partial charge in [-0.3, -0.25) is 0 Å². The molecule has 1 aliphatic rings. The first-order valence-electron chi connectivity index (χ1n) is 15.1. The molecule has 0 amide bonds. The van der Waals surface area contributed by atoms with Gasteiger partial charge in [-0.15, -0.1) is 0 Å². The van der Waals surface area contributed by atoms with Crippen molar-refractivity contribution < 1.29 is 47.6 Å². The van der Waals surface area contributed by atoms with Gasteiger partial charge in [0.1, 0.15) is 12.7 Å². The van der Waals surface area contributed by atoms with Crippen LogP contribution >= 0.6 is 0 Å². The Bertz CT molecular complexity index is 1630. The van der Waals surface area contributed by atoms with Crippen molar-refractivity contribution in [3.63, 3.8) is 0 Å². The summed E-state index contributed by atoms with van der Waals surface area (Å²) in [5, 5.41) is 0. The van der Waals surface area contributed by atoms with Crippen molar-refractivity contribution in [2.24, 2.45) is 0 Å². The average Bonchev–Trinajstić information content (AvgIpc) is 3.10. The maximum atomic E-state index is 13.5. The van der Waals surface area contributed by atoms with Crippen LogP contribution in [0.1, 0.15) is 55.3 Å². The number of rotatable bonds is 11. The van der Waals surface area contributed by atoms with Crippen LogP contribution in [0.5, 0.6) is 0 Å². The maximum absolute atomic E-state index is 13.5. The molecular formula is C37H34O10. The van der Waals surface area contributed by atoms with E-state index in [1.807, 2.05) is 0 Å². The van der Waals surface area contributed by atoms with Gasteiger partial charge in [-0.2, -0.15) is 0 Å². The lowest BCUT2D eigenvalue weighted by molar-refractivity contribution is -0.305. The lowest BCUT2D eigenvalue weighted by atomic mass is 9.97. The smallest absolute Gasteiger partial charge is 0.338 e. The summed E-state index contributed by atoms with van der Waals surface area (Å²) in [5.41, 5.74) is 0.922. The molecule has 0 aliphatic carbocycles. The van der Waals surface area contributed by atoms with E-state index in [0.717, 1.165) is 0 Å². The van der Waals surface area contributed by atoms with Crippen molar-refractivity contribution >= 4 is 23.9 Å². The third-order valence-corrected chi connectivity index (χ3v) is 7.14. The molecule has 0 saturated carbocycles. The first-order valence-corrected chi connectivity index (χ1v) is 15.1. The molecule has 0 bridgehead atoms. The topological polar surface area (TPSA) is 124 Å². The summed E-state index contributed by atoms with van der Waals surface area (Å²) in [6.07, 6.45) is -7.25. The van der Waals surface area contributed by atoms with Gasteiger partial charge in [0.25, 0.3) is 0 Å². The van der Waals surface area contributed by atoms with Gasteiger partial charge < -0.3 is 28.4 Å². The molecule has 47 heavy (non-hydrogen) atoms. The summed E-state index contributed by atoms with van der Waals surface area (Å²) in [6.45, 7) is 3.07. The van der Waals surface area contributed by atoms with Crippen molar-refractivity contribution in [2.45, 2.75) is 50.7 Å². The van der Waals surface area contributed by atoms with Crippen LogP contribution in [-0.2, 0) is 28.4 Å². The van der Waals surface area contributed by atoms with Crippen LogP contribution in [0.25, 0.3) is 0 Å². The number of hydrogen-bond donors (Lipinski definition) is 0. The fraction of sp³-hybridized carbons (Fsp3) is 0.243. The van der Waals surface area contributed by atoms with Crippen molar-refractivity contribution in [1.82, 2.24) is 0 Å². The third kappa shape index (κ3) is 8.69. The van der Waals surface area contributed by atoms with E-state index in [9.17, 15) is 19.2 Å². The zero-order chi connectivity index (χ0) is 33.2. The second-order valence-corrected chi connectivity index (χ2v) is 10.9. The van der Waals surface area contributed by atoms with Crippen molar-refractivity contribution in [2.75, 3.05) is 6.61 Å². The van der Waals surface area contributed by atoms with E-state index in [1.165, 1.54) is 0 Å². The molecule has 242 valence electrons. The van der Waals surface area contributed by atoms with E-state index < -0.39 is 67.3 Å². The van der Waals surface area contributed by atoms with Crippen molar-refractivity contribution in [3.8, 4) is 0 Å². The zero-order valence-electron chi connectivity index (χ0n) is 25.8. The van der Waals surface area contributed by atoms with Gasteiger partial charge in [-0.1, -0.05) is 72.8 Å². The highest BCUT2D eigenvalue weighted by Gasteiger charge is 2.54. The Labute approximate surface area is 272 Å². The summed E-state index contributed by atoms with van der Waals surface area (Å²) in [5.74, 6) is -2.95. The summed E-state index contributed by atoms with van der Waals surface area (Å²) in [6, 6.07) is 32.9. The van der Waals surface area contributed by atoms with E-state index in [2.05, 4.69) is 0 Å². The molecule has 0 spiro atoms. The van der Waals surface area contributed by atoms with Gasteiger partial charge in [0.05, 0.1) is 28.4 Å². The molecule has 4 aromatic carbocycles. The molecule has 0 N–H and O–H groups in total. The highest BCUT2D eigenvalue weighted by atomic mass is 16.7. The van der Waals surface area contributed by atoms with Gasteiger partial charge in [-0.05, 0) is 62.4 Å². The van der Waals surface area contributed by atoms with Crippen LogP contribution in [0.4, 0.5) is 0 Å². The molecule has 5 atom stereocenters. The van der Waals surface area contributed by atoms with Crippen LogP contribution in [0.2, 0.25) is 0 Å². The maximum Gasteiger partial charge on any atom is 0.338 e. The molecule has 1 heterocycles. The lowest BCUT2D eigenvalue weighted by Crippen LogP contribution is -2.63. The van der Waals surface area contributed by atoms with Crippen LogP contribution in [0, 0.1) is 0 Å². The Morgan fingerprint density at radius 2 is 0.894 bits per heavy atom. The Morgan fingerprint density at radius 1 is 0.532 bits per heavy atom. The molecule has 1 aliphatic heterocycles. The van der Waals surface area contributed by atoms with E-state index >= 15 is 0 Å². The molecule has 5 rings (SSSR count). The zero-order valence-corrected chi connectivity index (χ0v) is 25.8. The summed E-state index contributed by atoms with van der Waals surface area (Å²) >= 11 is 0. The molecule has 0 unspecified atom stereocenters. The quantitative estimate of drug-likeness (QED) is 0.150. The Kier molecular flexibility index (Phi) is 11.1. The van der Waals surface area contributed by atoms with Crippen LogP contribution < -0.4 is 0 Å². The fourth-order valence-electron chi connectivity index (χ4n) is 4.91. The predicted octanol–water partition coefficient (Wildman–Crippen LogP) is 5.67. The van der Waals surface area contributed by atoms with Crippen LogP contribution in [0.15, 0.2) is 121 Å². The minimum Gasteiger partial charge on any atom is -0.459 e. The van der Waals surface area contributed by atoms with Crippen LogP contribution in [-0.4, -0.2) is 67.3 Å². The van der Waals surface area contributed by atoms with Crippen molar-refractivity contribution in [3.05, 3.63) is 144 Å². The van der Waals surface area contributed by atoms with Gasteiger partial charge in [0, 0.05) is 0 Å². The van der Waals surface area contributed by atoms with E-state index in [0.29, 0.717) is 0 Å². The molecule has 1 fully saturated rings. The standard InChI is InChI=1S/C37H34O10/c1-24(2)43-37-32(47-36(41)28-21-13-6-14-22-28)31(46-35(40)27-19-11-5-12-20-27)30(45-34(39)26-17-9-4-10-18-26)29(44-37)23-42-33(38)25-15-7-3-8-16-25/h3-22,24,29-32,37H,23H2,1-2H3/t29-,30-,31+,32-,37+/m1/s1. The minimum atomic E-state index is -1.46. The van der Waals surface area contributed by atoms with Gasteiger partial charge in [0.15, 0.2) is 24.6 Å². The number of esters is 4. The first-order chi connectivity index (χ1) is 22.8. The number of ether oxygens (including phenoxy) is 6. The molecule has 10 nitrogen and oxygen atoms in total. The molecule has 4 aromatic rings. The van der Waals surface area contributed by atoms with Gasteiger partial charge >= 0.3 is 23.9 Å². The summed E-state index contributed by atoms with van der Waals surface area (Å²) in [4.78, 5) is 53.3. The Hall–Kier alpha value is -5.32. The number of carbonyl (C=O) groups is 4. The Morgan fingerprint density at radius 3 is 1.30 bits per heavy atom. The summed E-state index contributed by atoms with van der Waals surface area (Å²) < 4.78 is 35.8. The number of carbonyl (C=O) groups excluding carboxylic acids is 4. The molecular weight excluding hydrogens is 604 g/mol. The summed E-state index contributed by atoms with van der Waals surface area (Å²) in [7, 11) is 0. The monoisotopic (exact) mass is 638 g/mol. The van der Waals surface area contributed by atoms with E-state index in [4.69, 9.17) is 28.4 Å². The van der Waals surface area contributed by atoms with Crippen LogP contribution in [0.3, 0.4) is 0 Å². The highest BCUT2D eigenvalue weighted by Crippen LogP contribution is 2.32. The Balaban J connectivity index is 1.54. The first kappa shape index (κ1) is 33.1. The normalized spacial score (nSPS) is 20.5. The molecule has 0 aromatic heterocycles. The lowest BCUT2D eigenvalue weighted by Gasteiger charge is -2.44. The predicted molar refractivity (Wildman–Crippen MR) is 169 cm³/mol. The van der Waals surface area contributed by atoms with Gasteiger partial charge in [0.2, 0.25) is 0 Å². The minimum absolute atomic E-state index is 0.202. The number of hydrogen-bond acceptors (Lipinski definition) is 10. The largest absolute Gasteiger partial charge is 0.459 e. The van der Waals surface area contributed by atoms with E-state index in [-0.39, 0.29) is 22.3 Å². The van der Waals surface area contributed by atoms with E-state index in [1.54, 1.807) is 135 Å². The third-order valence-electron chi connectivity index (χ3n) is 7.14. The molecule has 0 radical (unpaired) electrons. The second kappa shape index (κ2) is 15.8. The highest BCUT2D eigenvalue weighted by molar-refractivity contribution is 5.91. The van der Waals surface area contributed by atoms with Crippen molar-refractivity contribution in [1.29, 1.82) is 0 Å². The SMILES string of the molecule is CC(C)O[C@H]1O[C@H](COC(=O)c2ccccc2)[C@@H](OC(=O)c2ccccc2)[C@H](OC(=O)c2ccccc2)[C@H]1OC(=O)c1ccccc1. The second-order valence-electron chi connectivity index (χ2n) is 10.9. The molecule has 1 saturated heterocycles. The van der Waals surface area contributed by atoms with Gasteiger partial charge in [-0.25, -0.2) is 19.2 Å².